The molecule has 1 aliphatic heterocycles. The van der Waals surface area contributed by atoms with E-state index in [-0.39, 0.29) is 5.41 Å². The van der Waals surface area contributed by atoms with Crippen LogP contribution >= 0.6 is 0 Å². The van der Waals surface area contributed by atoms with E-state index in [2.05, 4.69) is 42.3 Å². The molecule has 0 amide bonds. The second-order valence-electron chi connectivity index (χ2n) is 5.45. The minimum atomic E-state index is 0.158. The van der Waals surface area contributed by atoms with Crippen LogP contribution in [0.15, 0.2) is 18.2 Å². The first kappa shape index (κ1) is 10.8. The number of aromatic amines is 1. The first-order chi connectivity index (χ1) is 8.17. The molecule has 3 nitrogen and oxygen atoms in total. The molecule has 0 spiro atoms. The average molecular weight is 229 g/mol. The van der Waals surface area contributed by atoms with Gasteiger partial charge in [-0.15, -0.1) is 0 Å². The second kappa shape index (κ2) is 3.84. The van der Waals surface area contributed by atoms with Crippen molar-refractivity contribution in [3.63, 3.8) is 0 Å². The van der Waals surface area contributed by atoms with Gasteiger partial charge in [-0.25, -0.2) is 4.98 Å². The van der Waals surface area contributed by atoms with Crippen LogP contribution in [0.5, 0.6) is 0 Å². The SMILES string of the molecule is Cc1ccc2nc(C3(C)CCCNC3)[nH]c2c1. The molecule has 3 heteroatoms. The highest BCUT2D eigenvalue weighted by molar-refractivity contribution is 5.76. The van der Waals surface area contributed by atoms with Crippen molar-refractivity contribution in [2.24, 2.45) is 0 Å². The Hall–Kier alpha value is -1.35. The lowest BCUT2D eigenvalue weighted by molar-refractivity contribution is 0.326. The molecule has 1 aliphatic rings. The number of hydrogen-bond acceptors (Lipinski definition) is 2. The van der Waals surface area contributed by atoms with Crippen molar-refractivity contribution in [3.05, 3.63) is 29.6 Å². The summed E-state index contributed by atoms with van der Waals surface area (Å²) < 4.78 is 0. The van der Waals surface area contributed by atoms with Crippen LogP contribution < -0.4 is 5.32 Å². The Morgan fingerprint density at radius 2 is 2.24 bits per heavy atom. The van der Waals surface area contributed by atoms with E-state index in [9.17, 15) is 0 Å². The van der Waals surface area contributed by atoms with Gasteiger partial charge in [0.05, 0.1) is 11.0 Å². The van der Waals surface area contributed by atoms with Gasteiger partial charge in [0.15, 0.2) is 0 Å². The van der Waals surface area contributed by atoms with Gasteiger partial charge in [0.2, 0.25) is 0 Å². The van der Waals surface area contributed by atoms with E-state index in [4.69, 9.17) is 4.98 Å². The van der Waals surface area contributed by atoms with E-state index in [1.54, 1.807) is 0 Å². The molecule has 1 unspecified atom stereocenters. The van der Waals surface area contributed by atoms with Crippen molar-refractivity contribution >= 4 is 11.0 Å². The molecule has 2 aromatic rings. The number of rotatable bonds is 1. The lowest BCUT2D eigenvalue weighted by atomic mass is 9.82. The van der Waals surface area contributed by atoms with Gasteiger partial charge in [-0.3, -0.25) is 0 Å². The fourth-order valence-corrected chi connectivity index (χ4v) is 2.67. The summed E-state index contributed by atoms with van der Waals surface area (Å²) in [5, 5.41) is 3.47. The van der Waals surface area contributed by atoms with Gasteiger partial charge < -0.3 is 10.3 Å². The number of nitrogens with one attached hydrogen (secondary N) is 2. The number of hydrogen-bond donors (Lipinski definition) is 2. The predicted molar refractivity (Wildman–Crippen MR) is 70.3 cm³/mol. The maximum Gasteiger partial charge on any atom is 0.114 e. The average Bonchev–Trinajstić information content (AvgIpc) is 2.73. The number of piperidine rings is 1. The topological polar surface area (TPSA) is 40.7 Å². The smallest absolute Gasteiger partial charge is 0.114 e. The maximum absolute atomic E-state index is 4.75. The van der Waals surface area contributed by atoms with Crippen LogP contribution in [-0.4, -0.2) is 23.1 Å². The third-order valence-electron chi connectivity index (χ3n) is 3.81. The summed E-state index contributed by atoms with van der Waals surface area (Å²) in [6.45, 7) is 6.56. The minimum absolute atomic E-state index is 0.158. The van der Waals surface area contributed by atoms with Gasteiger partial charge >= 0.3 is 0 Å². The van der Waals surface area contributed by atoms with E-state index >= 15 is 0 Å². The summed E-state index contributed by atoms with van der Waals surface area (Å²) >= 11 is 0. The normalized spacial score (nSPS) is 25.3. The van der Waals surface area contributed by atoms with Crippen molar-refractivity contribution in [2.45, 2.75) is 32.1 Å². The number of benzene rings is 1. The summed E-state index contributed by atoms with van der Waals surface area (Å²) in [4.78, 5) is 8.25. The molecule has 90 valence electrons. The third-order valence-corrected chi connectivity index (χ3v) is 3.81. The molecule has 2 N–H and O–H groups in total. The summed E-state index contributed by atoms with van der Waals surface area (Å²) in [5.41, 5.74) is 3.68. The van der Waals surface area contributed by atoms with Crippen LogP contribution in [0, 0.1) is 6.92 Å². The Bertz CT molecular complexity index is 535. The van der Waals surface area contributed by atoms with Gasteiger partial charge in [-0.05, 0) is 44.0 Å². The van der Waals surface area contributed by atoms with Crippen LogP contribution in [0.1, 0.15) is 31.2 Å². The first-order valence-corrected chi connectivity index (χ1v) is 6.35. The summed E-state index contributed by atoms with van der Waals surface area (Å²) in [7, 11) is 0. The highest BCUT2D eigenvalue weighted by atomic mass is 15.0. The maximum atomic E-state index is 4.75. The highest BCUT2D eigenvalue weighted by Gasteiger charge is 2.31. The van der Waals surface area contributed by atoms with E-state index in [0.29, 0.717) is 0 Å². The van der Waals surface area contributed by atoms with Gasteiger partial charge in [-0.2, -0.15) is 0 Å². The predicted octanol–water partition coefficient (Wildman–Crippen LogP) is 2.51. The van der Waals surface area contributed by atoms with Crippen LogP contribution in [0.3, 0.4) is 0 Å². The molecule has 3 rings (SSSR count). The molecular formula is C14H19N3. The Morgan fingerprint density at radius 3 is 3.00 bits per heavy atom. The molecule has 1 aromatic carbocycles. The number of aromatic nitrogens is 2. The summed E-state index contributed by atoms with van der Waals surface area (Å²) in [6.07, 6.45) is 2.44. The Morgan fingerprint density at radius 1 is 1.35 bits per heavy atom. The lowest BCUT2D eigenvalue weighted by Crippen LogP contribution is -2.41. The quantitative estimate of drug-likeness (QED) is 0.789. The molecule has 0 radical (unpaired) electrons. The lowest BCUT2D eigenvalue weighted by Gasteiger charge is -2.32. The van der Waals surface area contributed by atoms with Gasteiger partial charge in [0, 0.05) is 12.0 Å². The monoisotopic (exact) mass is 229 g/mol. The van der Waals surface area contributed by atoms with Crippen molar-refractivity contribution in [3.8, 4) is 0 Å². The van der Waals surface area contributed by atoms with E-state index < -0.39 is 0 Å². The standard InChI is InChI=1S/C14H19N3/c1-10-4-5-11-12(8-10)17-13(16-11)14(2)6-3-7-15-9-14/h4-5,8,15H,3,6-7,9H2,1-2H3,(H,16,17). The molecule has 17 heavy (non-hydrogen) atoms. The zero-order valence-corrected chi connectivity index (χ0v) is 10.5. The summed E-state index contributed by atoms with van der Waals surface area (Å²) in [6, 6.07) is 6.39. The Balaban J connectivity index is 2.05. The molecule has 0 bridgehead atoms. The number of aryl methyl sites for hydroxylation is 1. The van der Waals surface area contributed by atoms with Crippen molar-refractivity contribution in [1.29, 1.82) is 0 Å². The molecule has 2 heterocycles. The third kappa shape index (κ3) is 1.84. The van der Waals surface area contributed by atoms with Crippen molar-refractivity contribution in [2.75, 3.05) is 13.1 Å². The molecule has 0 saturated carbocycles. The molecular weight excluding hydrogens is 210 g/mol. The van der Waals surface area contributed by atoms with Crippen LogP contribution in [0.4, 0.5) is 0 Å². The van der Waals surface area contributed by atoms with Crippen molar-refractivity contribution < 1.29 is 0 Å². The van der Waals surface area contributed by atoms with E-state index in [1.807, 2.05) is 0 Å². The van der Waals surface area contributed by atoms with Gasteiger partial charge in [0.1, 0.15) is 5.82 Å². The zero-order valence-electron chi connectivity index (χ0n) is 10.5. The number of imidazole rings is 1. The fraction of sp³-hybridized carbons (Fsp3) is 0.500. The highest BCUT2D eigenvalue weighted by Crippen LogP contribution is 2.30. The van der Waals surface area contributed by atoms with Crippen LogP contribution in [0.2, 0.25) is 0 Å². The van der Waals surface area contributed by atoms with Crippen LogP contribution in [-0.2, 0) is 5.41 Å². The second-order valence-corrected chi connectivity index (χ2v) is 5.45. The minimum Gasteiger partial charge on any atom is -0.341 e. The molecule has 1 saturated heterocycles. The molecule has 1 atom stereocenters. The van der Waals surface area contributed by atoms with Gasteiger partial charge in [0.25, 0.3) is 0 Å². The molecule has 1 aromatic heterocycles. The van der Waals surface area contributed by atoms with Crippen molar-refractivity contribution in [1.82, 2.24) is 15.3 Å². The first-order valence-electron chi connectivity index (χ1n) is 6.35. The molecule has 1 fully saturated rings. The number of nitrogens with zero attached hydrogens (tertiary/aromatic N) is 1. The van der Waals surface area contributed by atoms with Crippen LogP contribution in [0.25, 0.3) is 11.0 Å². The number of fused-ring (bicyclic) bond motifs is 1. The number of H-pyrrole nitrogens is 1. The fourth-order valence-electron chi connectivity index (χ4n) is 2.67. The molecule has 0 aliphatic carbocycles. The summed E-state index contributed by atoms with van der Waals surface area (Å²) in [5.74, 6) is 1.13. The Kier molecular flexibility index (Phi) is 2.44. The van der Waals surface area contributed by atoms with E-state index in [1.165, 1.54) is 18.4 Å². The Labute approximate surface area is 102 Å². The van der Waals surface area contributed by atoms with E-state index in [0.717, 1.165) is 29.9 Å². The largest absolute Gasteiger partial charge is 0.341 e. The van der Waals surface area contributed by atoms with Gasteiger partial charge in [-0.1, -0.05) is 13.0 Å². The zero-order chi connectivity index (χ0) is 11.9.